The first-order valence-corrected chi connectivity index (χ1v) is 5.06. The number of unbranched alkanes of at least 4 members (excludes halogenated alkanes) is 3. The Morgan fingerprint density at radius 3 is 2.67 bits per heavy atom. The Balaban J connectivity index is 3.08. The number of esters is 1. The summed E-state index contributed by atoms with van der Waals surface area (Å²) in [4.78, 5) is 10.9. The van der Waals surface area contributed by atoms with E-state index in [0.29, 0.717) is 18.9 Å². The van der Waals surface area contributed by atoms with Crippen molar-refractivity contribution in [1.82, 2.24) is 0 Å². The van der Waals surface area contributed by atoms with Gasteiger partial charge in [-0.1, -0.05) is 26.2 Å². The van der Waals surface area contributed by atoms with Gasteiger partial charge in [0.15, 0.2) is 0 Å². The predicted octanol–water partition coefficient (Wildman–Crippen LogP) is 2.74. The standard InChI is InChI=1S/C9H17ClO2/c1-2-3-4-5-6-9(11)12-8-7-10/h2-8H2,1H3. The quantitative estimate of drug-likeness (QED) is 0.352. The zero-order valence-corrected chi connectivity index (χ0v) is 8.40. The second-order valence-electron chi connectivity index (χ2n) is 2.72. The summed E-state index contributed by atoms with van der Waals surface area (Å²) in [7, 11) is 0. The molecule has 3 heteroatoms. The molecule has 0 aromatic carbocycles. The molecule has 0 N–H and O–H groups in total. The van der Waals surface area contributed by atoms with Gasteiger partial charge in [0.05, 0.1) is 5.88 Å². The molecular weight excluding hydrogens is 176 g/mol. The number of hydrogen-bond donors (Lipinski definition) is 0. The highest BCUT2D eigenvalue weighted by molar-refractivity contribution is 6.18. The van der Waals surface area contributed by atoms with Gasteiger partial charge in [-0.15, -0.1) is 11.6 Å². The minimum atomic E-state index is -0.119. The van der Waals surface area contributed by atoms with Crippen LogP contribution >= 0.6 is 11.6 Å². The number of carbonyl (C=O) groups excluding carboxylic acids is 1. The van der Waals surface area contributed by atoms with Crippen molar-refractivity contribution in [2.24, 2.45) is 0 Å². The van der Waals surface area contributed by atoms with Crippen LogP contribution < -0.4 is 0 Å². The van der Waals surface area contributed by atoms with Crippen molar-refractivity contribution in [3.63, 3.8) is 0 Å². The van der Waals surface area contributed by atoms with Crippen LogP contribution in [0.25, 0.3) is 0 Å². The van der Waals surface area contributed by atoms with Crippen LogP contribution in [-0.4, -0.2) is 18.5 Å². The number of ether oxygens (including phenoxy) is 1. The summed E-state index contributed by atoms with van der Waals surface area (Å²) in [6.45, 7) is 2.49. The molecule has 0 saturated carbocycles. The van der Waals surface area contributed by atoms with Crippen molar-refractivity contribution >= 4 is 17.6 Å². The summed E-state index contributed by atoms with van der Waals surface area (Å²) >= 11 is 5.35. The molecule has 0 aliphatic carbocycles. The van der Waals surface area contributed by atoms with Crippen LogP contribution in [-0.2, 0) is 9.53 Å². The smallest absolute Gasteiger partial charge is 0.305 e. The lowest BCUT2D eigenvalue weighted by molar-refractivity contribution is -0.143. The highest BCUT2D eigenvalue weighted by atomic mass is 35.5. The molecule has 0 spiro atoms. The van der Waals surface area contributed by atoms with E-state index in [1.54, 1.807) is 0 Å². The van der Waals surface area contributed by atoms with Crippen molar-refractivity contribution in [3.05, 3.63) is 0 Å². The summed E-state index contributed by atoms with van der Waals surface area (Å²) in [6.07, 6.45) is 4.98. The van der Waals surface area contributed by atoms with E-state index in [0.717, 1.165) is 12.8 Å². The first kappa shape index (κ1) is 11.8. The minimum absolute atomic E-state index is 0.119. The van der Waals surface area contributed by atoms with Crippen LogP contribution in [0.15, 0.2) is 0 Å². The summed E-state index contributed by atoms with van der Waals surface area (Å²) in [5, 5.41) is 0. The molecule has 0 fully saturated rings. The van der Waals surface area contributed by atoms with Gasteiger partial charge in [-0.3, -0.25) is 4.79 Å². The fourth-order valence-corrected chi connectivity index (χ4v) is 0.998. The van der Waals surface area contributed by atoms with E-state index < -0.39 is 0 Å². The third-order valence-electron chi connectivity index (χ3n) is 1.57. The molecule has 0 aromatic rings. The maximum Gasteiger partial charge on any atom is 0.305 e. The summed E-state index contributed by atoms with van der Waals surface area (Å²) < 4.78 is 4.80. The van der Waals surface area contributed by atoms with Crippen molar-refractivity contribution in [2.75, 3.05) is 12.5 Å². The Hall–Kier alpha value is -0.240. The fraction of sp³-hybridized carbons (Fsp3) is 0.889. The third-order valence-corrected chi connectivity index (χ3v) is 1.73. The van der Waals surface area contributed by atoms with Gasteiger partial charge in [-0.25, -0.2) is 0 Å². The second-order valence-corrected chi connectivity index (χ2v) is 3.10. The molecule has 0 rings (SSSR count). The van der Waals surface area contributed by atoms with Crippen LogP contribution in [0.5, 0.6) is 0 Å². The van der Waals surface area contributed by atoms with E-state index in [4.69, 9.17) is 16.3 Å². The van der Waals surface area contributed by atoms with Crippen LogP contribution in [0.2, 0.25) is 0 Å². The SMILES string of the molecule is CCCCCCC(=O)OCCCl. The second kappa shape index (κ2) is 8.85. The normalized spacial score (nSPS) is 9.83. The Kier molecular flexibility index (Phi) is 8.68. The van der Waals surface area contributed by atoms with E-state index in [1.165, 1.54) is 12.8 Å². The molecule has 0 bridgehead atoms. The average Bonchev–Trinajstić information content (AvgIpc) is 2.09. The molecular formula is C9H17ClO2. The lowest BCUT2D eigenvalue weighted by Crippen LogP contribution is -2.06. The molecule has 12 heavy (non-hydrogen) atoms. The molecule has 0 unspecified atom stereocenters. The molecule has 0 atom stereocenters. The van der Waals surface area contributed by atoms with Crippen molar-refractivity contribution in [3.8, 4) is 0 Å². The van der Waals surface area contributed by atoms with Gasteiger partial charge in [-0.2, -0.15) is 0 Å². The first-order chi connectivity index (χ1) is 5.81. The van der Waals surface area contributed by atoms with Crippen LogP contribution in [0.1, 0.15) is 39.0 Å². The third kappa shape index (κ3) is 7.86. The molecule has 72 valence electrons. The van der Waals surface area contributed by atoms with Gasteiger partial charge in [0.25, 0.3) is 0 Å². The largest absolute Gasteiger partial charge is 0.464 e. The first-order valence-electron chi connectivity index (χ1n) is 4.52. The maximum absolute atomic E-state index is 10.9. The van der Waals surface area contributed by atoms with Crippen LogP contribution in [0, 0.1) is 0 Å². The molecule has 0 heterocycles. The summed E-state index contributed by atoms with van der Waals surface area (Å²) in [5.74, 6) is 0.271. The fourth-order valence-electron chi connectivity index (χ4n) is 0.921. The number of halogens is 1. The Labute approximate surface area is 79.2 Å². The number of alkyl halides is 1. The van der Waals surface area contributed by atoms with Gasteiger partial charge < -0.3 is 4.74 Å². The highest BCUT2D eigenvalue weighted by Crippen LogP contribution is 2.03. The molecule has 0 aromatic heterocycles. The zero-order chi connectivity index (χ0) is 9.23. The monoisotopic (exact) mass is 192 g/mol. The van der Waals surface area contributed by atoms with Gasteiger partial charge in [0, 0.05) is 6.42 Å². The van der Waals surface area contributed by atoms with Gasteiger partial charge in [0.2, 0.25) is 0 Å². The molecule has 0 amide bonds. The van der Waals surface area contributed by atoms with Gasteiger partial charge in [-0.05, 0) is 6.42 Å². The van der Waals surface area contributed by atoms with E-state index in [-0.39, 0.29) is 5.97 Å². The minimum Gasteiger partial charge on any atom is -0.464 e. The van der Waals surface area contributed by atoms with Crippen molar-refractivity contribution < 1.29 is 9.53 Å². The van der Waals surface area contributed by atoms with E-state index in [9.17, 15) is 4.79 Å². The van der Waals surface area contributed by atoms with Crippen LogP contribution in [0.3, 0.4) is 0 Å². The highest BCUT2D eigenvalue weighted by Gasteiger charge is 2.00. The molecule has 0 aliphatic heterocycles. The summed E-state index contributed by atoms with van der Waals surface area (Å²) in [5.41, 5.74) is 0. The Morgan fingerprint density at radius 1 is 1.33 bits per heavy atom. The topological polar surface area (TPSA) is 26.3 Å². The number of carbonyl (C=O) groups is 1. The summed E-state index contributed by atoms with van der Waals surface area (Å²) in [6, 6.07) is 0. The molecule has 0 radical (unpaired) electrons. The lowest BCUT2D eigenvalue weighted by atomic mass is 10.2. The molecule has 0 aliphatic rings. The maximum atomic E-state index is 10.9. The van der Waals surface area contributed by atoms with E-state index in [1.807, 2.05) is 0 Å². The van der Waals surface area contributed by atoms with Crippen molar-refractivity contribution in [1.29, 1.82) is 0 Å². The average molecular weight is 193 g/mol. The van der Waals surface area contributed by atoms with E-state index in [2.05, 4.69) is 6.92 Å². The molecule has 2 nitrogen and oxygen atoms in total. The van der Waals surface area contributed by atoms with Crippen molar-refractivity contribution in [2.45, 2.75) is 39.0 Å². The predicted molar refractivity (Wildman–Crippen MR) is 50.4 cm³/mol. The van der Waals surface area contributed by atoms with Gasteiger partial charge in [0.1, 0.15) is 6.61 Å². The lowest BCUT2D eigenvalue weighted by Gasteiger charge is -2.01. The van der Waals surface area contributed by atoms with Gasteiger partial charge >= 0.3 is 5.97 Å². The Morgan fingerprint density at radius 2 is 2.08 bits per heavy atom. The number of rotatable bonds is 7. The molecule has 0 saturated heterocycles. The Bertz CT molecular complexity index is 115. The van der Waals surface area contributed by atoms with E-state index >= 15 is 0 Å². The van der Waals surface area contributed by atoms with Crippen LogP contribution in [0.4, 0.5) is 0 Å². The zero-order valence-electron chi connectivity index (χ0n) is 7.64. The number of hydrogen-bond acceptors (Lipinski definition) is 2.